The van der Waals surface area contributed by atoms with Crippen molar-refractivity contribution in [2.75, 3.05) is 6.61 Å². The Morgan fingerprint density at radius 2 is 1.41 bits per heavy atom. The van der Waals surface area contributed by atoms with Crippen molar-refractivity contribution in [3.05, 3.63) is 63.6 Å². The minimum absolute atomic E-state index is 0.0138. The van der Waals surface area contributed by atoms with Crippen molar-refractivity contribution in [2.45, 2.75) is 52.4 Å². The predicted molar refractivity (Wildman–Crippen MR) is 119 cm³/mol. The van der Waals surface area contributed by atoms with Gasteiger partial charge in [-0.2, -0.15) is 0 Å². The van der Waals surface area contributed by atoms with Gasteiger partial charge in [0.1, 0.15) is 5.75 Å². The van der Waals surface area contributed by atoms with Crippen LogP contribution in [0.4, 0.5) is 0 Å². The average Bonchev–Trinajstić information content (AvgIpc) is 2.63. The highest BCUT2D eigenvalue weighted by Crippen LogP contribution is 2.31. The summed E-state index contributed by atoms with van der Waals surface area (Å²) < 4.78 is 6.33. The molecule has 0 atom stereocenters. The molecular formula is C23H29BrN2O3. The minimum atomic E-state index is -0.448. The van der Waals surface area contributed by atoms with Gasteiger partial charge >= 0.3 is 0 Å². The van der Waals surface area contributed by atoms with Crippen LogP contribution in [-0.2, 0) is 15.6 Å². The summed E-state index contributed by atoms with van der Waals surface area (Å²) in [6.07, 6.45) is 0. The lowest BCUT2D eigenvalue weighted by Crippen LogP contribution is -2.43. The number of nitrogens with one attached hydrogen (secondary N) is 2. The van der Waals surface area contributed by atoms with Gasteiger partial charge in [-0.05, 0) is 62.2 Å². The van der Waals surface area contributed by atoms with Gasteiger partial charge in [0.2, 0.25) is 0 Å². The SMILES string of the molecule is CC(C)(C)c1ccc(C(=O)NNC(=O)COc2ccc(C(C)(C)C)cc2Br)cc1. The molecule has 0 aliphatic heterocycles. The number of carbonyl (C=O) groups is 2. The molecule has 0 spiro atoms. The van der Waals surface area contributed by atoms with E-state index in [1.165, 1.54) is 0 Å². The van der Waals surface area contributed by atoms with Crippen LogP contribution in [-0.4, -0.2) is 18.4 Å². The van der Waals surface area contributed by atoms with E-state index in [0.29, 0.717) is 11.3 Å². The van der Waals surface area contributed by atoms with Gasteiger partial charge in [0.15, 0.2) is 6.61 Å². The molecule has 0 radical (unpaired) electrons. The van der Waals surface area contributed by atoms with Crippen LogP contribution < -0.4 is 15.6 Å². The molecule has 5 nitrogen and oxygen atoms in total. The zero-order valence-electron chi connectivity index (χ0n) is 17.9. The number of hydrazine groups is 1. The van der Waals surface area contributed by atoms with Crippen LogP contribution in [0.1, 0.15) is 63.0 Å². The molecule has 2 rings (SSSR count). The number of carbonyl (C=O) groups excluding carboxylic acids is 2. The van der Waals surface area contributed by atoms with E-state index in [0.717, 1.165) is 15.6 Å². The monoisotopic (exact) mass is 460 g/mol. The number of amides is 2. The maximum absolute atomic E-state index is 12.2. The lowest BCUT2D eigenvalue weighted by atomic mass is 9.87. The molecule has 29 heavy (non-hydrogen) atoms. The first-order valence-corrected chi connectivity index (χ1v) is 10.3. The van der Waals surface area contributed by atoms with Crippen molar-refractivity contribution in [2.24, 2.45) is 0 Å². The van der Waals surface area contributed by atoms with Crippen molar-refractivity contribution in [1.29, 1.82) is 0 Å². The Kier molecular flexibility index (Phi) is 7.11. The van der Waals surface area contributed by atoms with E-state index in [-0.39, 0.29) is 23.3 Å². The summed E-state index contributed by atoms with van der Waals surface area (Å²) in [5.41, 5.74) is 7.58. The van der Waals surface area contributed by atoms with Crippen LogP contribution in [0.25, 0.3) is 0 Å². The van der Waals surface area contributed by atoms with Crippen molar-refractivity contribution in [3.8, 4) is 5.75 Å². The normalized spacial score (nSPS) is 11.7. The number of ether oxygens (including phenoxy) is 1. The predicted octanol–water partition coefficient (Wildman–Crippen LogP) is 4.88. The number of rotatable bonds is 4. The summed E-state index contributed by atoms with van der Waals surface area (Å²) in [6.45, 7) is 12.5. The summed E-state index contributed by atoms with van der Waals surface area (Å²) in [5, 5.41) is 0. The molecule has 0 heterocycles. The number of hydrogen-bond acceptors (Lipinski definition) is 3. The molecule has 156 valence electrons. The Balaban J connectivity index is 1.86. The topological polar surface area (TPSA) is 67.4 Å². The van der Waals surface area contributed by atoms with Crippen LogP contribution in [0.5, 0.6) is 5.75 Å². The lowest BCUT2D eigenvalue weighted by molar-refractivity contribution is -0.123. The first-order valence-electron chi connectivity index (χ1n) is 9.50. The molecule has 2 amide bonds. The minimum Gasteiger partial charge on any atom is -0.483 e. The molecule has 0 aliphatic rings. The molecule has 0 fully saturated rings. The third-order valence-corrected chi connectivity index (χ3v) is 5.10. The van der Waals surface area contributed by atoms with Crippen LogP contribution in [0, 0.1) is 0 Å². The molecule has 0 bridgehead atoms. The number of halogens is 1. The second-order valence-electron chi connectivity index (χ2n) is 9.01. The maximum atomic E-state index is 12.2. The third kappa shape index (κ3) is 6.60. The molecule has 2 N–H and O–H groups in total. The van der Waals surface area contributed by atoms with Gasteiger partial charge in [-0.25, -0.2) is 0 Å². The Labute approximate surface area is 181 Å². The summed E-state index contributed by atoms with van der Waals surface area (Å²) in [5.74, 6) is -0.261. The number of benzene rings is 2. The molecule has 0 saturated carbocycles. The largest absolute Gasteiger partial charge is 0.483 e. The van der Waals surface area contributed by atoms with E-state index < -0.39 is 5.91 Å². The fourth-order valence-corrected chi connectivity index (χ4v) is 3.08. The second-order valence-corrected chi connectivity index (χ2v) is 9.87. The Bertz CT molecular complexity index is 878. The standard InChI is InChI=1S/C23H29BrN2O3/c1-22(2,3)16-9-7-15(8-10-16)21(28)26-25-20(27)14-29-19-12-11-17(13-18(19)24)23(4,5)6/h7-13H,14H2,1-6H3,(H,25,27)(H,26,28). The third-order valence-electron chi connectivity index (χ3n) is 4.49. The average molecular weight is 461 g/mol. The highest BCUT2D eigenvalue weighted by atomic mass is 79.9. The van der Waals surface area contributed by atoms with Gasteiger partial charge in [0.25, 0.3) is 11.8 Å². The fraction of sp³-hybridized carbons (Fsp3) is 0.391. The Morgan fingerprint density at radius 3 is 1.93 bits per heavy atom. The van der Waals surface area contributed by atoms with E-state index in [1.807, 2.05) is 30.3 Å². The molecule has 2 aromatic rings. The van der Waals surface area contributed by atoms with Crippen molar-refractivity contribution in [3.63, 3.8) is 0 Å². The first-order chi connectivity index (χ1) is 13.4. The quantitative estimate of drug-likeness (QED) is 0.638. The van der Waals surface area contributed by atoms with Crippen molar-refractivity contribution < 1.29 is 14.3 Å². The highest BCUT2D eigenvalue weighted by Gasteiger charge is 2.16. The van der Waals surface area contributed by atoms with E-state index >= 15 is 0 Å². The molecule has 0 saturated heterocycles. The molecule has 0 aliphatic carbocycles. The van der Waals surface area contributed by atoms with Crippen molar-refractivity contribution >= 4 is 27.7 Å². The second kappa shape index (κ2) is 8.99. The fourth-order valence-electron chi connectivity index (χ4n) is 2.58. The summed E-state index contributed by atoms with van der Waals surface area (Å²) >= 11 is 3.48. The maximum Gasteiger partial charge on any atom is 0.276 e. The van der Waals surface area contributed by atoms with E-state index in [9.17, 15) is 9.59 Å². The van der Waals surface area contributed by atoms with E-state index in [4.69, 9.17) is 4.74 Å². The van der Waals surface area contributed by atoms with Crippen LogP contribution in [0.2, 0.25) is 0 Å². The molecule has 2 aromatic carbocycles. The van der Waals surface area contributed by atoms with E-state index in [1.54, 1.807) is 12.1 Å². The highest BCUT2D eigenvalue weighted by molar-refractivity contribution is 9.10. The van der Waals surface area contributed by atoms with Gasteiger partial charge in [0.05, 0.1) is 4.47 Å². The summed E-state index contributed by atoms with van der Waals surface area (Å²) in [6, 6.07) is 13.1. The van der Waals surface area contributed by atoms with Gasteiger partial charge in [-0.15, -0.1) is 0 Å². The van der Waals surface area contributed by atoms with Gasteiger partial charge in [0, 0.05) is 5.56 Å². The zero-order valence-corrected chi connectivity index (χ0v) is 19.4. The molecule has 0 aromatic heterocycles. The van der Waals surface area contributed by atoms with E-state index in [2.05, 4.69) is 68.3 Å². The summed E-state index contributed by atoms with van der Waals surface area (Å²) in [7, 11) is 0. The molecule has 0 unspecified atom stereocenters. The van der Waals surface area contributed by atoms with Crippen LogP contribution in [0.15, 0.2) is 46.9 Å². The summed E-state index contributed by atoms with van der Waals surface area (Å²) in [4.78, 5) is 24.2. The van der Waals surface area contributed by atoms with Crippen molar-refractivity contribution in [1.82, 2.24) is 10.9 Å². The first kappa shape index (κ1) is 22.9. The van der Waals surface area contributed by atoms with Gasteiger partial charge in [-0.1, -0.05) is 59.7 Å². The van der Waals surface area contributed by atoms with Crippen LogP contribution in [0.3, 0.4) is 0 Å². The number of hydrogen-bond donors (Lipinski definition) is 2. The molecule has 6 heteroatoms. The smallest absolute Gasteiger partial charge is 0.276 e. The zero-order chi connectivity index (χ0) is 21.8. The Hall–Kier alpha value is -2.34. The Morgan fingerprint density at radius 1 is 0.862 bits per heavy atom. The van der Waals surface area contributed by atoms with Gasteiger partial charge < -0.3 is 4.74 Å². The van der Waals surface area contributed by atoms with Gasteiger partial charge in [-0.3, -0.25) is 20.4 Å². The van der Waals surface area contributed by atoms with Crippen LogP contribution >= 0.6 is 15.9 Å². The lowest BCUT2D eigenvalue weighted by Gasteiger charge is -2.20. The molecular weight excluding hydrogens is 432 g/mol.